The van der Waals surface area contributed by atoms with Crippen molar-refractivity contribution in [3.05, 3.63) is 0 Å². The van der Waals surface area contributed by atoms with Gasteiger partial charge in [-0.05, 0) is 32.1 Å². The van der Waals surface area contributed by atoms with Gasteiger partial charge >= 0.3 is 0 Å². The van der Waals surface area contributed by atoms with Crippen LogP contribution in [0, 0.1) is 5.41 Å². The van der Waals surface area contributed by atoms with Gasteiger partial charge in [0.1, 0.15) is 0 Å². The first-order valence-corrected chi connectivity index (χ1v) is 6.95. The van der Waals surface area contributed by atoms with Gasteiger partial charge < -0.3 is 11.1 Å². The van der Waals surface area contributed by atoms with E-state index in [2.05, 4.69) is 44.8 Å². The number of nitrogens with zero attached hydrogens (tertiary/aromatic N) is 1. The Balaban J connectivity index is 0.00000324. The van der Waals surface area contributed by atoms with Crippen molar-refractivity contribution >= 4 is 18.3 Å². The van der Waals surface area contributed by atoms with Crippen molar-refractivity contribution in [1.82, 2.24) is 10.2 Å². The SMILES string of the molecule is CCC(C)(C)NC(=O)CN1CCC(N)C(C)(C)C1.Cl. The maximum Gasteiger partial charge on any atom is 0.234 e. The van der Waals surface area contributed by atoms with E-state index in [1.807, 2.05) is 0 Å². The minimum atomic E-state index is -0.112. The second-order valence-corrected chi connectivity index (χ2v) is 6.88. The number of carbonyl (C=O) groups is 1. The van der Waals surface area contributed by atoms with Crippen LogP contribution in [0.25, 0.3) is 0 Å². The minimum Gasteiger partial charge on any atom is -0.350 e. The highest BCUT2D eigenvalue weighted by atomic mass is 35.5. The summed E-state index contributed by atoms with van der Waals surface area (Å²) in [5.74, 6) is 0.119. The highest BCUT2D eigenvalue weighted by Crippen LogP contribution is 2.27. The molecule has 0 saturated carbocycles. The van der Waals surface area contributed by atoms with Gasteiger partial charge in [0.15, 0.2) is 0 Å². The van der Waals surface area contributed by atoms with E-state index in [9.17, 15) is 4.79 Å². The Morgan fingerprint density at radius 2 is 2.05 bits per heavy atom. The van der Waals surface area contributed by atoms with E-state index in [4.69, 9.17) is 5.73 Å². The zero-order valence-corrected chi connectivity index (χ0v) is 13.8. The van der Waals surface area contributed by atoms with Gasteiger partial charge in [0, 0.05) is 24.7 Å². The number of likely N-dealkylation sites (tertiary alicyclic amines) is 1. The molecule has 0 aromatic rings. The van der Waals surface area contributed by atoms with E-state index >= 15 is 0 Å². The van der Waals surface area contributed by atoms with Crippen LogP contribution in [0.2, 0.25) is 0 Å². The summed E-state index contributed by atoms with van der Waals surface area (Å²) in [4.78, 5) is 14.2. The summed E-state index contributed by atoms with van der Waals surface area (Å²) in [6, 6.07) is 0.240. The topological polar surface area (TPSA) is 58.4 Å². The number of nitrogens with one attached hydrogen (secondary N) is 1. The lowest BCUT2D eigenvalue weighted by molar-refractivity contribution is -0.124. The number of piperidine rings is 1. The lowest BCUT2D eigenvalue weighted by Crippen LogP contribution is -2.55. The Morgan fingerprint density at radius 3 is 2.53 bits per heavy atom. The monoisotopic (exact) mass is 291 g/mol. The molecule has 1 amide bonds. The Kier molecular flexibility index (Phi) is 6.79. The van der Waals surface area contributed by atoms with E-state index in [-0.39, 0.29) is 35.3 Å². The van der Waals surface area contributed by atoms with Crippen LogP contribution >= 0.6 is 12.4 Å². The third-order valence-corrected chi connectivity index (χ3v) is 4.12. The Labute approximate surface area is 123 Å². The summed E-state index contributed by atoms with van der Waals surface area (Å²) >= 11 is 0. The smallest absolute Gasteiger partial charge is 0.234 e. The molecular formula is C14H30ClN3O. The van der Waals surface area contributed by atoms with Gasteiger partial charge in [-0.3, -0.25) is 9.69 Å². The molecule has 1 atom stereocenters. The van der Waals surface area contributed by atoms with Crippen molar-refractivity contribution in [2.75, 3.05) is 19.6 Å². The maximum absolute atomic E-state index is 12.0. The lowest BCUT2D eigenvalue weighted by atomic mass is 9.80. The van der Waals surface area contributed by atoms with Crippen molar-refractivity contribution < 1.29 is 4.79 Å². The second-order valence-electron chi connectivity index (χ2n) is 6.88. The second kappa shape index (κ2) is 6.91. The molecule has 1 unspecified atom stereocenters. The van der Waals surface area contributed by atoms with Crippen molar-refractivity contribution in [3.8, 4) is 0 Å². The molecule has 5 heteroatoms. The van der Waals surface area contributed by atoms with Crippen LogP contribution in [-0.4, -0.2) is 42.0 Å². The van der Waals surface area contributed by atoms with E-state index in [1.54, 1.807) is 0 Å². The molecule has 1 aliphatic heterocycles. The van der Waals surface area contributed by atoms with E-state index < -0.39 is 0 Å². The number of halogens is 1. The Hall–Kier alpha value is -0.320. The van der Waals surface area contributed by atoms with E-state index in [0.717, 1.165) is 25.9 Å². The average Bonchev–Trinajstić information content (AvgIpc) is 2.22. The van der Waals surface area contributed by atoms with E-state index in [0.29, 0.717) is 6.54 Å². The highest BCUT2D eigenvalue weighted by molar-refractivity contribution is 5.85. The number of hydrogen-bond donors (Lipinski definition) is 2. The molecule has 19 heavy (non-hydrogen) atoms. The van der Waals surface area contributed by atoms with Gasteiger partial charge in [-0.2, -0.15) is 0 Å². The molecule has 0 aromatic heterocycles. The third-order valence-electron chi connectivity index (χ3n) is 4.12. The summed E-state index contributed by atoms with van der Waals surface area (Å²) in [5, 5.41) is 3.08. The van der Waals surface area contributed by atoms with Crippen molar-refractivity contribution in [3.63, 3.8) is 0 Å². The minimum absolute atomic E-state index is 0. The van der Waals surface area contributed by atoms with Crippen LogP contribution in [0.1, 0.15) is 47.5 Å². The van der Waals surface area contributed by atoms with Crippen LogP contribution in [0.3, 0.4) is 0 Å². The predicted molar refractivity (Wildman–Crippen MR) is 82.6 cm³/mol. The van der Waals surface area contributed by atoms with Crippen LogP contribution in [0.15, 0.2) is 0 Å². The highest BCUT2D eigenvalue weighted by Gasteiger charge is 2.34. The maximum atomic E-state index is 12.0. The van der Waals surface area contributed by atoms with Gasteiger partial charge in [-0.15, -0.1) is 12.4 Å². The first-order valence-electron chi connectivity index (χ1n) is 6.95. The summed E-state index contributed by atoms with van der Waals surface area (Å²) in [7, 11) is 0. The zero-order chi connectivity index (χ0) is 14.0. The molecule has 1 heterocycles. The van der Waals surface area contributed by atoms with Crippen LogP contribution < -0.4 is 11.1 Å². The van der Waals surface area contributed by atoms with Crippen molar-refractivity contribution in [2.45, 2.75) is 59.0 Å². The quantitative estimate of drug-likeness (QED) is 0.830. The third kappa shape index (κ3) is 5.67. The average molecular weight is 292 g/mol. The molecule has 114 valence electrons. The largest absolute Gasteiger partial charge is 0.350 e. The zero-order valence-electron chi connectivity index (χ0n) is 13.0. The standard InChI is InChI=1S/C14H29N3O.ClH/c1-6-14(4,5)16-12(18)9-17-8-7-11(15)13(2,3)10-17;/h11H,6-10,15H2,1-5H3,(H,16,18);1H. The summed E-state index contributed by atoms with van der Waals surface area (Å²) in [6.07, 6.45) is 1.91. The van der Waals surface area contributed by atoms with E-state index in [1.165, 1.54) is 0 Å². The number of hydrogen-bond acceptors (Lipinski definition) is 3. The van der Waals surface area contributed by atoms with Crippen LogP contribution in [0.4, 0.5) is 0 Å². The normalized spacial score (nSPS) is 23.6. The van der Waals surface area contributed by atoms with Crippen molar-refractivity contribution in [1.29, 1.82) is 0 Å². The molecule has 1 aliphatic rings. The molecule has 0 radical (unpaired) electrons. The van der Waals surface area contributed by atoms with Gasteiger partial charge in [0.25, 0.3) is 0 Å². The van der Waals surface area contributed by atoms with Gasteiger partial charge in [-0.25, -0.2) is 0 Å². The molecule has 1 fully saturated rings. The molecule has 1 rings (SSSR count). The van der Waals surface area contributed by atoms with Gasteiger partial charge in [0.2, 0.25) is 5.91 Å². The molecule has 4 nitrogen and oxygen atoms in total. The number of carbonyl (C=O) groups excluding carboxylic acids is 1. The molecule has 1 saturated heterocycles. The van der Waals surface area contributed by atoms with Crippen molar-refractivity contribution in [2.24, 2.45) is 11.1 Å². The summed E-state index contributed by atoms with van der Waals surface area (Å²) in [6.45, 7) is 12.9. The molecule has 0 aliphatic carbocycles. The molecule has 3 N–H and O–H groups in total. The fourth-order valence-corrected chi connectivity index (χ4v) is 2.33. The fraction of sp³-hybridized carbons (Fsp3) is 0.929. The van der Waals surface area contributed by atoms with Gasteiger partial charge in [0.05, 0.1) is 6.54 Å². The summed E-state index contributed by atoms with van der Waals surface area (Å²) < 4.78 is 0. The number of nitrogens with two attached hydrogens (primary N) is 1. The first-order chi connectivity index (χ1) is 8.16. The number of rotatable bonds is 4. The van der Waals surface area contributed by atoms with Gasteiger partial charge in [-0.1, -0.05) is 20.8 Å². The Bertz CT molecular complexity index is 305. The Morgan fingerprint density at radius 1 is 1.47 bits per heavy atom. The molecule has 0 bridgehead atoms. The molecular weight excluding hydrogens is 262 g/mol. The van der Waals surface area contributed by atoms with Crippen LogP contribution in [0.5, 0.6) is 0 Å². The first kappa shape index (κ1) is 18.7. The molecule has 0 spiro atoms. The molecule has 0 aromatic carbocycles. The lowest BCUT2D eigenvalue weighted by Gasteiger charge is -2.42. The predicted octanol–water partition coefficient (Wildman–Crippen LogP) is 1.77. The number of amides is 1. The van der Waals surface area contributed by atoms with Crippen LogP contribution in [-0.2, 0) is 4.79 Å². The fourth-order valence-electron chi connectivity index (χ4n) is 2.33. The summed E-state index contributed by atoms with van der Waals surface area (Å²) in [5.41, 5.74) is 6.09.